The molecule has 2 aromatic rings. The lowest BCUT2D eigenvalue weighted by Gasteiger charge is -2.08. The Hall–Kier alpha value is -2.01. The van der Waals surface area contributed by atoms with Gasteiger partial charge in [-0.1, -0.05) is 6.07 Å². The Balaban J connectivity index is 1.99. The van der Waals surface area contributed by atoms with Crippen LogP contribution in [-0.4, -0.2) is 12.3 Å². The first-order valence-electron chi connectivity index (χ1n) is 5.65. The molecule has 19 heavy (non-hydrogen) atoms. The molecule has 0 unspecified atom stereocenters. The third-order valence-electron chi connectivity index (χ3n) is 2.43. The number of anilines is 2. The third-order valence-corrected chi connectivity index (χ3v) is 3.16. The Morgan fingerprint density at radius 3 is 2.42 bits per heavy atom. The molecule has 2 aromatic carbocycles. The zero-order valence-electron chi connectivity index (χ0n) is 10.3. The highest BCUT2D eigenvalue weighted by Crippen LogP contribution is 2.19. The number of rotatable bonds is 3. The van der Waals surface area contributed by atoms with Gasteiger partial charge in [-0.2, -0.15) is 0 Å². The maximum absolute atomic E-state index is 12.7. The molecule has 0 radical (unpaired) electrons. The average molecular weight is 276 g/mol. The number of hydrogen-bond acceptors (Lipinski definition) is 2. The lowest BCUT2D eigenvalue weighted by atomic mass is 10.3. The van der Waals surface area contributed by atoms with Crippen LogP contribution in [-0.2, 0) is 0 Å². The van der Waals surface area contributed by atoms with E-state index < -0.39 is 0 Å². The molecule has 5 heteroatoms. The maximum atomic E-state index is 12.7. The van der Waals surface area contributed by atoms with E-state index in [1.54, 1.807) is 11.8 Å². The van der Waals surface area contributed by atoms with Gasteiger partial charge in [0.2, 0.25) is 0 Å². The standard InChI is InChI=1S/C14H13FN2OS/c1-19-13-4-2-3-12(9-13)17-14(18)16-11-7-5-10(15)6-8-11/h2-9H,1H3,(H2,16,17,18). The number of halogens is 1. The van der Waals surface area contributed by atoms with E-state index in [-0.39, 0.29) is 11.8 Å². The van der Waals surface area contributed by atoms with Crippen LogP contribution in [0.3, 0.4) is 0 Å². The summed E-state index contributed by atoms with van der Waals surface area (Å²) in [5.74, 6) is -0.335. The van der Waals surface area contributed by atoms with E-state index in [1.807, 2.05) is 30.5 Å². The van der Waals surface area contributed by atoms with Crippen LogP contribution in [0.1, 0.15) is 0 Å². The highest BCUT2D eigenvalue weighted by molar-refractivity contribution is 7.98. The molecule has 2 N–H and O–H groups in total. The van der Waals surface area contributed by atoms with Crippen LogP contribution >= 0.6 is 11.8 Å². The van der Waals surface area contributed by atoms with Crippen molar-refractivity contribution in [3.63, 3.8) is 0 Å². The summed E-state index contributed by atoms with van der Waals surface area (Å²) >= 11 is 1.60. The van der Waals surface area contributed by atoms with E-state index in [9.17, 15) is 9.18 Å². The predicted octanol–water partition coefficient (Wildman–Crippen LogP) is 4.19. The molecular formula is C14H13FN2OS. The van der Waals surface area contributed by atoms with Crippen LogP contribution in [0.4, 0.5) is 20.6 Å². The van der Waals surface area contributed by atoms with E-state index in [0.717, 1.165) is 4.90 Å². The fourth-order valence-electron chi connectivity index (χ4n) is 1.53. The van der Waals surface area contributed by atoms with Crippen molar-refractivity contribution in [1.82, 2.24) is 0 Å². The Kier molecular flexibility index (Phi) is 4.41. The van der Waals surface area contributed by atoms with Gasteiger partial charge in [0.1, 0.15) is 5.82 Å². The number of urea groups is 1. The monoisotopic (exact) mass is 276 g/mol. The molecule has 0 aromatic heterocycles. The number of carbonyl (C=O) groups is 1. The molecule has 0 atom stereocenters. The van der Waals surface area contributed by atoms with E-state index in [2.05, 4.69) is 10.6 Å². The van der Waals surface area contributed by atoms with Crippen molar-refractivity contribution < 1.29 is 9.18 Å². The van der Waals surface area contributed by atoms with Gasteiger partial charge in [-0.05, 0) is 48.7 Å². The van der Waals surface area contributed by atoms with Gasteiger partial charge in [0.15, 0.2) is 0 Å². The van der Waals surface area contributed by atoms with Gasteiger partial charge in [-0.3, -0.25) is 0 Å². The number of amides is 2. The van der Waals surface area contributed by atoms with Crippen molar-refractivity contribution in [3.8, 4) is 0 Å². The van der Waals surface area contributed by atoms with Gasteiger partial charge in [-0.15, -0.1) is 11.8 Å². The number of thioether (sulfide) groups is 1. The average Bonchev–Trinajstić information content (AvgIpc) is 2.41. The summed E-state index contributed by atoms with van der Waals surface area (Å²) in [7, 11) is 0. The molecule has 0 fully saturated rings. The Morgan fingerprint density at radius 1 is 1.05 bits per heavy atom. The van der Waals surface area contributed by atoms with Crippen molar-refractivity contribution in [2.45, 2.75) is 4.90 Å². The molecule has 0 spiro atoms. The quantitative estimate of drug-likeness (QED) is 0.825. The smallest absolute Gasteiger partial charge is 0.308 e. The molecular weight excluding hydrogens is 263 g/mol. The van der Waals surface area contributed by atoms with Crippen LogP contribution in [0.2, 0.25) is 0 Å². The SMILES string of the molecule is CSc1cccc(NC(=O)Nc2ccc(F)cc2)c1. The third kappa shape index (κ3) is 3.99. The molecule has 0 aliphatic carbocycles. The second kappa shape index (κ2) is 6.24. The highest BCUT2D eigenvalue weighted by atomic mass is 32.2. The summed E-state index contributed by atoms with van der Waals surface area (Å²) in [4.78, 5) is 12.8. The molecule has 0 bridgehead atoms. The lowest BCUT2D eigenvalue weighted by molar-refractivity contribution is 0.262. The summed E-state index contributed by atoms with van der Waals surface area (Å²) in [5, 5.41) is 5.35. The fourth-order valence-corrected chi connectivity index (χ4v) is 1.99. The lowest BCUT2D eigenvalue weighted by Crippen LogP contribution is -2.19. The summed E-state index contributed by atoms with van der Waals surface area (Å²) in [6, 6.07) is 12.8. The summed E-state index contributed by atoms with van der Waals surface area (Å²) < 4.78 is 12.7. The van der Waals surface area contributed by atoms with Gasteiger partial charge in [0, 0.05) is 16.3 Å². The number of carbonyl (C=O) groups excluding carboxylic acids is 1. The number of hydrogen-bond donors (Lipinski definition) is 2. The first kappa shape index (κ1) is 13.4. The van der Waals surface area contributed by atoms with E-state index in [4.69, 9.17) is 0 Å². The summed E-state index contributed by atoms with van der Waals surface area (Å²) in [6.45, 7) is 0. The molecule has 0 aliphatic heterocycles. The van der Waals surface area contributed by atoms with Crippen molar-refractivity contribution in [2.24, 2.45) is 0 Å². The van der Waals surface area contributed by atoms with Crippen molar-refractivity contribution >= 4 is 29.2 Å². The molecule has 98 valence electrons. The molecule has 0 saturated heterocycles. The van der Waals surface area contributed by atoms with E-state index in [1.165, 1.54) is 24.3 Å². The predicted molar refractivity (Wildman–Crippen MR) is 77.3 cm³/mol. The Morgan fingerprint density at radius 2 is 1.74 bits per heavy atom. The molecule has 0 saturated carbocycles. The largest absolute Gasteiger partial charge is 0.323 e. The minimum absolute atomic E-state index is 0.335. The van der Waals surface area contributed by atoms with Gasteiger partial charge < -0.3 is 10.6 Å². The van der Waals surface area contributed by atoms with E-state index in [0.29, 0.717) is 11.4 Å². The second-order valence-corrected chi connectivity index (χ2v) is 4.70. The van der Waals surface area contributed by atoms with Gasteiger partial charge in [-0.25, -0.2) is 9.18 Å². The Labute approximate surface area is 115 Å². The molecule has 0 aliphatic rings. The van der Waals surface area contributed by atoms with Crippen molar-refractivity contribution in [2.75, 3.05) is 16.9 Å². The zero-order valence-corrected chi connectivity index (χ0v) is 11.1. The van der Waals surface area contributed by atoms with E-state index >= 15 is 0 Å². The number of benzene rings is 2. The van der Waals surface area contributed by atoms with Crippen LogP contribution in [0.5, 0.6) is 0 Å². The van der Waals surface area contributed by atoms with Gasteiger partial charge in [0.05, 0.1) is 0 Å². The van der Waals surface area contributed by atoms with Crippen LogP contribution < -0.4 is 10.6 Å². The molecule has 3 nitrogen and oxygen atoms in total. The molecule has 2 rings (SSSR count). The maximum Gasteiger partial charge on any atom is 0.323 e. The van der Waals surface area contributed by atoms with Gasteiger partial charge in [0.25, 0.3) is 0 Å². The van der Waals surface area contributed by atoms with Crippen LogP contribution in [0.25, 0.3) is 0 Å². The van der Waals surface area contributed by atoms with Crippen molar-refractivity contribution in [3.05, 3.63) is 54.3 Å². The number of nitrogens with one attached hydrogen (secondary N) is 2. The highest BCUT2D eigenvalue weighted by Gasteiger charge is 2.03. The minimum Gasteiger partial charge on any atom is -0.308 e. The Bertz CT molecular complexity index is 572. The summed E-state index contributed by atoms with van der Waals surface area (Å²) in [5.41, 5.74) is 1.26. The zero-order chi connectivity index (χ0) is 13.7. The van der Waals surface area contributed by atoms with Crippen LogP contribution in [0, 0.1) is 5.82 Å². The second-order valence-electron chi connectivity index (χ2n) is 3.82. The van der Waals surface area contributed by atoms with Crippen molar-refractivity contribution in [1.29, 1.82) is 0 Å². The first-order chi connectivity index (χ1) is 9.17. The summed E-state index contributed by atoms with van der Waals surface area (Å²) in [6.07, 6.45) is 1.97. The fraction of sp³-hybridized carbons (Fsp3) is 0.0714. The molecule has 2 amide bonds. The minimum atomic E-state index is -0.357. The first-order valence-corrected chi connectivity index (χ1v) is 6.87. The van der Waals surface area contributed by atoms with Gasteiger partial charge >= 0.3 is 6.03 Å². The molecule has 0 heterocycles. The van der Waals surface area contributed by atoms with Crippen LogP contribution in [0.15, 0.2) is 53.4 Å². The topological polar surface area (TPSA) is 41.1 Å². The normalized spacial score (nSPS) is 10.0.